The van der Waals surface area contributed by atoms with Crippen LogP contribution in [0.3, 0.4) is 0 Å². The lowest BCUT2D eigenvalue weighted by Gasteiger charge is -2.70. The second-order valence-electron chi connectivity index (χ2n) is 15.4. The molecule has 5 fully saturated rings. The van der Waals surface area contributed by atoms with E-state index < -0.39 is 23.4 Å². The highest BCUT2D eigenvalue weighted by Gasteiger charge is 2.76. The van der Waals surface area contributed by atoms with Crippen molar-refractivity contribution in [1.29, 1.82) is 0 Å². The summed E-state index contributed by atoms with van der Waals surface area (Å²) in [5.41, 5.74) is -0.384. The number of carbonyl (C=O) groups is 3. The molecule has 0 saturated heterocycles. The van der Waals surface area contributed by atoms with Gasteiger partial charge in [-0.3, -0.25) is 14.4 Å². The number of methoxy groups -OCH3 is 1. The van der Waals surface area contributed by atoms with E-state index in [-0.39, 0.29) is 57.3 Å². The minimum atomic E-state index is -0.650. The Morgan fingerprint density at radius 3 is 2.08 bits per heavy atom. The van der Waals surface area contributed by atoms with Crippen LogP contribution in [0.2, 0.25) is 0 Å². The third-order valence-electron chi connectivity index (χ3n) is 14.0. The number of allylic oxidation sites excluding steroid dienone is 1. The standard InChI is InChI=1S/C33H50O6/c1-18(2)20-12-15-33(28(36)37)17-16-30(6)21(24(20)33)10-11-23-31(30,7)14-13-22-29(4,5)26(39-19(3)34)25(27(35)38-9)32(22,23)8/h20-26H,1,10-17H2,2-9H3,(H,36,37)/t20-,21?,22?,23?,24?,25-,26-,30+,31+,32-,33-/m0/s1. The number of aliphatic carboxylic acids is 1. The van der Waals surface area contributed by atoms with Crippen molar-refractivity contribution < 1.29 is 29.0 Å². The fourth-order valence-corrected chi connectivity index (χ4v) is 12.3. The van der Waals surface area contributed by atoms with Gasteiger partial charge in [-0.15, -0.1) is 0 Å². The van der Waals surface area contributed by atoms with Crippen molar-refractivity contribution in [2.75, 3.05) is 7.11 Å². The number of esters is 2. The number of ether oxygens (including phenoxy) is 2. The van der Waals surface area contributed by atoms with Crippen molar-refractivity contribution in [2.24, 2.45) is 62.6 Å². The van der Waals surface area contributed by atoms with Gasteiger partial charge in [-0.1, -0.05) is 46.8 Å². The summed E-state index contributed by atoms with van der Waals surface area (Å²) in [6.07, 6.45) is 6.68. The monoisotopic (exact) mass is 542 g/mol. The van der Waals surface area contributed by atoms with Crippen LogP contribution in [-0.2, 0) is 23.9 Å². The van der Waals surface area contributed by atoms with Crippen LogP contribution in [0.5, 0.6) is 0 Å². The van der Waals surface area contributed by atoms with E-state index >= 15 is 0 Å². The Hall–Kier alpha value is -1.85. The van der Waals surface area contributed by atoms with Crippen LogP contribution in [0.1, 0.15) is 99.8 Å². The van der Waals surface area contributed by atoms with E-state index in [2.05, 4.69) is 48.1 Å². The highest BCUT2D eigenvalue weighted by atomic mass is 16.6. The molecule has 0 aromatic heterocycles. The van der Waals surface area contributed by atoms with Gasteiger partial charge in [0.15, 0.2) is 0 Å². The first-order valence-corrected chi connectivity index (χ1v) is 15.2. The number of carbonyl (C=O) groups excluding carboxylic acids is 2. The molecule has 4 unspecified atom stereocenters. The topological polar surface area (TPSA) is 89.9 Å². The average Bonchev–Trinajstić information content (AvgIpc) is 3.31. The lowest BCUT2D eigenvalue weighted by atomic mass is 9.34. The Labute approximate surface area is 234 Å². The molecule has 0 radical (unpaired) electrons. The predicted molar refractivity (Wildman–Crippen MR) is 148 cm³/mol. The zero-order valence-electron chi connectivity index (χ0n) is 25.4. The third-order valence-corrected chi connectivity index (χ3v) is 14.0. The molecule has 0 aliphatic heterocycles. The van der Waals surface area contributed by atoms with E-state index in [9.17, 15) is 19.5 Å². The number of rotatable bonds is 4. The van der Waals surface area contributed by atoms with E-state index in [4.69, 9.17) is 9.47 Å². The Balaban J connectivity index is 1.62. The lowest BCUT2D eigenvalue weighted by molar-refractivity contribution is -0.228. The van der Waals surface area contributed by atoms with Crippen LogP contribution in [0, 0.1) is 62.6 Å². The highest BCUT2D eigenvalue weighted by molar-refractivity contribution is 5.77. The maximum atomic E-state index is 13.6. The largest absolute Gasteiger partial charge is 0.481 e. The van der Waals surface area contributed by atoms with E-state index in [1.165, 1.54) is 14.0 Å². The maximum absolute atomic E-state index is 13.6. The van der Waals surface area contributed by atoms with E-state index in [1.807, 2.05) is 0 Å². The van der Waals surface area contributed by atoms with Crippen LogP contribution in [0.15, 0.2) is 12.2 Å². The van der Waals surface area contributed by atoms with Gasteiger partial charge in [0.2, 0.25) is 0 Å². The van der Waals surface area contributed by atoms with Crippen molar-refractivity contribution in [3.63, 3.8) is 0 Å². The molecule has 5 rings (SSSR count). The first-order valence-electron chi connectivity index (χ1n) is 15.2. The van der Waals surface area contributed by atoms with Crippen molar-refractivity contribution in [3.05, 3.63) is 12.2 Å². The van der Waals surface area contributed by atoms with Gasteiger partial charge < -0.3 is 14.6 Å². The second-order valence-corrected chi connectivity index (χ2v) is 15.4. The number of hydrogen-bond donors (Lipinski definition) is 1. The molecule has 0 amide bonds. The molecule has 0 aromatic carbocycles. The molecule has 6 nitrogen and oxygen atoms in total. The normalized spacial score (nSPS) is 49.6. The summed E-state index contributed by atoms with van der Waals surface area (Å²) in [5, 5.41) is 10.6. The fourth-order valence-electron chi connectivity index (χ4n) is 12.3. The minimum Gasteiger partial charge on any atom is -0.481 e. The molecule has 218 valence electrons. The first-order chi connectivity index (χ1) is 18.0. The van der Waals surface area contributed by atoms with Crippen LogP contribution in [-0.4, -0.2) is 36.2 Å². The van der Waals surface area contributed by atoms with Gasteiger partial charge in [0.25, 0.3) is 0 Å². The Kier molecular flexibility index (Phi) is 6.49. The number of carboxylic acid groups (broad SMARTS) is 1. The molecule has 5 aliphatic rings. The van der Waals surface area contributed by atoms with Crippen LogP contribution in [0.25, 0.3) is 0 Å². The van der Waals surface area contributed by atoms with Crippen molar-refractivity contribution in [2.45, 2.75) is 106 Å². The van der Waals surface area contributed by atoms with Crippen LogP contribution >= 0.6 is 0 Å². The quantitative estimate of drug-likeness (QED) is 0.315. The van der Waals surface area contributed by atoms with Crippen LogP contribution in [0.4, 0.5) is 0 Å². The number of fused-ring (bicyclic) bond motifs is 7. The van der Waals surface area contributed by atoms with Crippen molar-refractivity contribution >= 4 is 17.9 Å². The maximum Gasteiger partial charge on any atom is 0.313 e. The van der Waals surface area contributed by atoms with E-state index in [0.717, 1.165) is 50.5 Å². The highest BCUT2D eigenvalue weighted by Crippen LogP contribution is 2.79. The van der Waals surface area contributed by atoms with Gasteiger partial charge in [0, 0.05) is 12.3 Å². The zero-order valence-corrected chi connectivity index (χ0v) is 25.4. The summed E-state index contributed by atoms with van der Waals surface area (Å²) in [6.45, 7) is 19.4. The van der Waals surface area contributed by atoms with Gasteiger partial charge in [0.05, 0.1) is 12.5 Å². The number of carboxylic acids is 1. The smallest absolute Gasteiger partial charge is 0.313 e. The van der Waals surface area contributed by atoms with Gasteiger partial charge in [0.1, 0.15) is 12.0 Å². The molecule has 5 saturated carbocycles. The van der Waals surface area contributed by atoms with E-state index in [0.29, 0.717) is 12.3 Å². The van der Waals surface area contributed by atoms with Gasteiger partial charge >= 0.3 is 17.9 Å². The molecule has 5 aliphatic carbocycles. The van der Waals surface area contributed by atoms with Gasteiger partial charge in [-0.25, -0.2) is 0 Å². The second kappa shape index (κ2) is 8.82. The van der Waals surface area contributed by atoms with Gasteiger partial charge in [-0.05, 0) is 104 Å². The predicted octanol–water partition coefficient (Wildman–Crippen LogP) is 6.67. The third kappa shape index (κ3) is 3.41. The molecule has 6 heteroatoms. The summed E-state index contributed by atoms with van der Waals surface area (Å²) in [6, 6.07) is 0. The molecule has 0 bridgehead atoms. The SMILES string of the molecule is C=C(C)[C@@H]1CC[C@]2(C(=O)O)CC[C@]3(C)C(CCC4[C@]5(C)C(CC[C@]43C)C(C)(C)[C@@H](OC(C)=O)[C@H]5C(=O)OC)C12. The number of hydrogen-bond acceptors (Lipinski definition) is 5. The molecule has 0 spiro atoms. The van der Waals surface area contributed by atoms with Crippen molar-refractivity contribution in [1.82, 2.24) is 0 Å². The summed E-state index contributed by atoms with van der Waals surface area (Å²) >= 11 is 0. The van der Waals surface area contributed by atoms with E-state index in [1.54, 1.807) is 0 Å². The molecule has 1 N–H and O–H groups in total. The molecular weight excluding hydrogens is 492 g/mol. The molecule has 0 aromatic rings. The summed E-state index contributed by atoms with van der Waals surface area (Å²) < 4.78 is 11.4. The first kappa shape index (κ1) is 28.7. The summed E-state index contributed by atoms with van der Waals surface area (Å²) in [4.78, 5) is 38.8. The van der Waals surface area contributed by atoms with Gasteiger partial charge in [-0.2, -0.15) is 0 Å². The Morgan fingerprint density at radius 1 is 0.846 bits per heavy atom. The molecule has 0 heterocycles. The van der Waals surface area contributed by atoms with Crippen LogP contribution < -0.4 is 0 Å². The average molecular weight is 543 g/mol. The Morgan fingerprint density at radius 2 is 1.51 bits per heavy atom. The lowest BCUT2D eigenvalue weighted by Crippen LogP contribution is -2.65. The molecule has 11 atom stereocenters. The minimum absolute atomic E-state index is 0.0457. The Bertz CT molecular complexity index is 1090. The van der Waals surface area contributed by atoms with Crippen molar-refractivity contribution in [3.8, 4) is 0 Å². The molecular formula is C33H50O6. The zero-order chi connectivity index (χ0) is 28.9. The fraction of sp³-hybridized carbons (Fsp3) is 0.848. The summed E-state index contributed by atoms with van der Waals surface area (Å²) in [5.74, 6) is -0.637. The molecule has 39 heavy (non-hydrogen) atoms. The summed E-state index contributed by atoms with van der Waals surface area (Å²) in [7, 11) is 1.45.